The number of cyclic esters (lactones) is 1. The van der Waals surface area contributed by atoms with Gasteiger partial charge < -0.3 is 9.47 Å². The summed E-state index contributed by atoms with van der Waals surface area (Å²) in [5, 5.41) is 4.46. The molecule has 1 aromatic carbocycles. The van der Waals surface area contributed by atoms with Gasteiger partial charge in [0.1, 0.15) is 18.2 Å². The van der Waals surface area contributed by atoms with Crippen molar-refractivity contribution >= 4 is 6.09 Å². The number of methoxy groups -OCH3 is 1. The highest BCUT2D eigenvalue weighted by Gasteiger charge is 2.37. The van der Waals surface area contributed by atoms with E-state index in [1.807, 2.05) is 22.6 Å². The fourth-order valence-electron chi connectivity index (χ4n) is 3.86. The molecule has 2 saturated heterocycles. The molecule has 2 aliphatic rings. The second-order valence-corrected chi connectivity index (χ2v) is 6.99. The SMILES string of the molecule is CCn1nc(C)nc1-c1cc(CN2CCN3C(=O)OCC3C2)ccc1OC. The molecular weight excluding hydrogens is 346 g/mol. The minimum absolute atomic E-state index is 0.162. The molecule has 0 spiro atoms. The van der Waals surface area contributed by atoms with Gasteiger partial charge in [-0.25, -0.2) is 14.5 Å². The van der Waals surface area contributed by atoms with E-state index in [-0.39, 0.29) is 12.1 Å². The zero-order valence-corrected chi connectivity index (χ0v) is 16.0. The number of carbonyl (C=O) groups excluding carboxylic acids is 1. The Kier molecular flexibility index (Phi) is 4.73. The van der Waals surface area contributed by atoms with Crippen molar-refractivity contribution in [1.29, 1.82) is 0 Å². The zero-order valence-electron chi connectivity index (χ0n) is 16.0. The molecule has 1 unspecified atom stereocenters. The van der Waals surface area contributed by atoms with Crippen molar-refractivity contribution in [1.82, 2.24) is 24.6 Å². The average Bonchev–Trinajstić information content (AvgIpc) is 3.24. The topological polar surface area (TPSA) is 72.7 Å². The van der Waals surface area contributed by atoms with E-state index in [0.29, 0.717) is 6.61 Å². The Balaban J connectivity index is 1.57. The van der Waals surface area contributed by atoms with Crippen molar-refractivity contribution in [2.45, 2.75) is 33.0 Å². The molecule has 0 radical (unpaired) electrons. The summed E-state index contributed by atoms with van der Waals surface area (Å²) in [5.74, 6) is 2.37. The minimum Gasteiger partial charge on any atom is -0.496 e. The zero-order chi connectivity index (χ0) is 19.0. The minimum atomic E-state index is -0.180. The summed E-state index contributed by atoms with van der Waals surface area (Å²) in [6.45, 7) is 8.40. The first-order chi connectivity index (χ1) is 13.1. The van der Waals surface area contributed by atoms with Gasteiger partial charge in [-0.2, -0.15) is 5.10 Å². The van der Waals surface area contributed by atoms with Crippen LogP contribution in [0.1, 0.15) is 18.3 Å². The summed E-state index contributed by atoms with van der Waals surface area (Å²) in [4.78, 5) is 20.5. The second-order valence-electron chi connectivity index (χ2n) is 6.99. The molecule has 4 rings (SSSR count). The smallest absolute Gasteiger partial charge is 0.410 e. The molecule has 0 N–H and O–H groups in total. The van der Waals surface area contributed by atoms with Crippen molar-refractivity contribution in [3.05, 3.63) is 29.6 Å². The molecule has 1 aromatic heterocycles. The number of nitrogens with zero attached hydrogens (tertiary/aromatic N) is 5. The predicted octanol–water partition coefficient (Wildman–Crippen LogP) is 1.92. The maximum absolute atomic E-state index is 11.7. The van der Waals surface area contributed by atoms with Crippen LogP contribution in [-0.4, -0.2) is 70.1 Å². The standard InChI is InChI=1S/C19H25N5O3/c1-4-24-18(20-13(2)21-24)16-9-14(5-6-17(16)26-3)10-22-7-8-23-15(11-22)12-27-19(23)25/h5-6,9,15H,4,7-8,10-12H2,1-3H3. The summed E-state index contributed by atoms with van der Waals surface area (Å²) < 4.78 is 12.6. The molecule has 144 valence electrons. The molecule has 0 aliphatic carbocycles. The number of hydrogen-bond acceptors (Lipinski definition) is 6. The Morgan fingerprint density at radius 1 is 1.33 bits per heavy atom. The van der Waals surface area contributed by atoms with E-state index in [4.69, 9.17) is 9.47 Å². The van der Waals surface area contributed by atoms with Crippen LogP contribution in [0.3, 0.4) is 0 Å². The lowest BCUT2D eigenvalue weighted by atomic mass is 10.1. The molecule has 1 atom stereocenters. The number of aryl methyl sites for hydroxylation is 2. The molecule has 8 heteroatoms. The van der Waals surface area contributed by atoms with Gasteiger partial charge in [0.2, 0.25) is 0 Å². The van der Waals surface area contributed by atoms with E-state index in [1.165, 1.54) is 5.56 Å². The summed E-state index contributed by atoms with van der Waals surface area (Å²) in [7, 11) is 1.67. The van der Waals surface area contributed by atoms with Gasteiger partial charge in [0.05, 0.1) is 18.7 Å². The number of ether oxygens (including phenoxy) is 2. The third kappa shape index (κ3) is 3.37. The van der Waals surface area contributed by atoms with Crippen molar-refractivity contribution < 1.29 is 14.3 Å². The lowest BCUT2D eigenvalue weighted by Gasteiger charge is -2.35. The largest absolute Gasteiger partial charge is 0.496 e. The first kappa shape index (κ1) is 17.8. The number of fused-ring (bicyclic) bond motifs is 1. The maximum atomic E-state index is 11.7. The predicted molar refractivity (Wildman–Crippen MR) is 99.5 cm³/mol. The molecule has 27 heavy (non-hydrogen) atoms. The summed E-state index contributed by atoms with van der Waals surface area (Å²) in [6.07, 6.45) is -0.180. The molecule has 0 bridgehead atoms. The Morgan fingerprint density at radius 3 is 2.96 bits per heavy atom. The van der Waals surface area contributed by atoms with E-state index < -0.39 is 0 Å². The fourth-order valence-corrected chi connectivity index (χ4v) is 3.86. The van der Waals surface area contributed by atoms with Crippen LogP contribution in [0.25, 0.3) is 11.4 Å². The summed E-state index contributed by atoms with van der Waals surface area (Å²) in [5.41, 5.74) is 2.14. The van der Waals surface area contributed by atoms with Crippen LogP contribution in [0.2, 0.25) is 0 Å². The van der Waals surface area contributed by atoms with Crippen molar-refractivity contribution in [2.75, 3.05) is 33.4 Å². The van der Waals surface area contributed by atoms with Gasteiger partial charge in [0.25, 0.3) is 0 Å². The monoisotopic (exact) mass is 371 g/mol. The first-order valence-electron chi connectivity index (χ1n) is 9.33. The van der Waals surface area contributed by atoms with Crippen LogP contribution >= 0.6 is 0 Å². The lowest BCUT2D eigenvalue weighted by Crippen LogP contribution is -2.51. The molecule has 0 saturated carbocycles. The molecule has 3 heterocycles. The Bertz CT molecular complexity index is 850. The Labute approximate surface area is 158 Å². The van der Waals surface area contributed by atoms with Gasteiger partial charge in [0.15, 0.2) is 5.82 Å². The first-order valence-corrected chi connectivity index (χ1v) is 9.33. The highest BCUT2D eigenvalue weighted by molar-refractivity contribution is 5.70. The summed E-state index contributed by atoms with van der Waals surface area (Å²) >= 11 is 0. The van der Waals surface area contributed by atoms with Crippen molar-refractivity contribution in [3.8, 4) is 17.1 Å². The van der Waals surface area contributed by atoms with E-state index in [1.54, 1.807) is 7.11 Å². The van der Waals surface area contributed by atoms with Crippen molar-refractivity contribution in [3.63, 3.8) is 0 Å². The molecular formula is C19H25N5O3. The number of hydrogen-bond donors (Lipinski definition) is 0. The van der Waals surface area contributed by atoms with Crippen LogP contribution in [0.15, 0.2) is 18.2 Å². The maximum Gasteiger partial charge on any atom is 0.410 e. The average molecular weight is 371 g/mol. The van der Waals surface area contributed by atoms with Crippen LogP contribution in [0.5, 0.6) is 5.75 Å². The number of carbonyl (C=O) groups is 1. The van der Waals surface area contributed by atoms with Gasteiger partial charge in [0, 0.05) is 32.7 Å². The number of rotatable bonds is 5. The normalized spacial score (nSPS) is 19.9. The molecule has 2 aromatic rings. The molecule has 1 amide bonds. The Morgan fingerprint density at radius 2 is 2.19 bits per heavy atom. The van der Waals surface area contributed by atoms with E-state index in [9.17, 15) is 4.79 Å². The number of benzene rings is 1. The van der Waals surface area contributed by atoms with Crippen molar-refractivity contribution in [2.24, 2.45) is 0 Å². The van der Waals surface area contributed by atoms with Gasteiger partial charge in [-0.05, 0) is 31.5 Å². The van der Waals surface area contributed by atoms with E-state index in [2.05, 4.69) is 34.0 Å². The fraction of sp³-hybridized carbons (Fsp3) is 0.526. The van der Waals surface area contributed by atoms with Gasteiger partial charge >= 0.3 is 6.09 Å². The van der Waals surface area contributed by atoms with E-state index >= 15 is 0 Å². The van der Waals surface area contributed by atoms with Crippen LogP contribution in [0.4, 0.5) is 4.79 Å². The molecule has 8 nitrogen and oxygen atoms in total. The third-order valence-electron chi connectivity index (χ3n) is 5.19. The molecule has 2 fully saturated rings. The number of aromatic nitrogens is 3. The van der Waals surface area contributed by atoms with Gasteiger partial charge in [-0.15, -0.1) is 0 Å². The Hall–Kier alpha value is -2.61. The van der Waals surface area contributed by atoms with Gasteiger partial charge in [-0.3, -0.25) is 9.80 Å². The number of amides is 1. The number of piperazine rings is 1. The van der Waals surface area contributed by atoms with Crippen LogP contribution in [0, 0.1) is 6.92 Å². The third-order valence-corrected chi connectivity index (χ3v) is 5.19. The highest BCUT2D eigenvalue weighted by atomic mass is 16.6. The highest BCUT2D eigenvalue weighted by Crippen LogP contribution is 2.31. The van der Waals surface area contributed by atoms with Crippen LogP contribution in [-0.2, 0) is 17.8 Å². The lowest BCUT2D eigenvalue weighted by molar-refractivity contribution is 0.115. The second kappa shape index (κ2) is 7.19. The van der Waals surface area contributed by atoms with E-state index in [0.717, 1.165) is 55.7 Å². The molecule has 2 aliphatic heterocycles. The van der Waals surface area contributed by atoms with Crippen LogP contribution < -0.4 is 4.74 Å². The summed E-state index contributed by atoms with van der Waals surface area (Å²) in [6, 6.07) is 6.38. The van der Waals surface area contributed by atoms with Gasteiger partial charge in [-0.1, -0.05) is 6.07 Å². The quantitative estimate of drug-likeness (QED) is 0.800.